The van der Waals surface area contributed by atoms with Crippen LogP contribution in [-0.2, 0) is 20.9 Å². The molecule has 1 aromatic rings. The Bertz CT molecular complexity index is 490. The molecule has 0 aliphatic carbocycles. The van der Waals surface area contributed by atoms with E-state index in [1.807, 2.05) is 37.3 Å². The highest BCUT2D eigenvalue weighted by Crippen LogP contribution is 2.18. The molecule has 0 saturated carbocycles. The van der Waals surface area contributed by atoms with Crippen LogP contribution in [0.2, 0.25) is 0 Å². The maximum absolute atomic E-state index is 12.2. The molecule has 2 atom stereocenters. The van der Waals surface area contributed by atoms with Crippen molar-refractivity contribution in [3.05, 3.63) is 35.9 Å². The number of ether oxygens (including phenoxy) is 2. The van der Waals surface area contributed by atoms with Gasteiger partial charge in [0.2, 0.25) is 0 Å². The molecule has 114 valence electrons. The Labute approximate surface area is 123 Å². The predicted molar refractivity (Wildman–Crippen MR) is 74.8 cm³/mol. The summed E-state index contributed by atoms with van der Waals surface area (Å²) in [5, 5.41) is 9.23. The average Bonchev–Trinajstić information content (AvgIpc) is 2.52. The minimum absolute atomic E-state index is 0.00767. The molecule has 1 aliphatic rings. The molecule has 6 nitrogen and oxygen atoms in total. The lowest BCUT2D eigenvalue weighted by atomic mass is 10.1. The van der Waals surface area contributed by atoms with Crippen LogP contribution < -0.4 is 0 Å². The first-order valence-corrected chi connectivity index (χ1v) is 6.93. The highest BCUT2D eigenvalue weighted by Gasteiger charge is 2.39. The maximum atomic E-state index is 12.2. The summed E-state index contributed by atoms with van der Waals surface area (Å²) in [6.07, 6.45) is 0.00548. The zero-order valence-electron chi connectivity index (χ0n) is 11.9. The quantitative estimate of drug-likeness (QED) is 0.917. The molecule has 1 amide bonds. The van der Waals surface area contributed by atoms with E-state index >= 15 is 0 Å². The van der Waals surface area contributed by atoms with Crippen LogP contribution in [0.15, 0.2) is 30.3 Å². The summed E-state index contributed by atoms with van der Waals surface area (Å²) in [5.41, 5.74) is 0.860. The fourth-order valence-electron chi connectivity index (χ4n) is 2.31. The lowest BCUT2D eigenvalue weighted by molar-refractivity contribution is -0.151. The first kappa shape index (κ1) is 15.3. The van der Waals surface area contributed by atoms with Crippen molar-refractivity contribution in [2.45, 2.75) is 32.0 Å². The molecular weight excluding hydrogens is 274 g/mol. The van der Waals surface area contributed by atoms with Crippen LogP contribution in [0.4, 0.5) is 4.79 Å². The molecule has 1 saturated heterocycles. The normalized spacial score (nSPS) is 21.9. The van der Waals surface area contributed by atoms with Gasteiger partial charge in [-0.15, -0.1) is 0 Å². The summed E-state index contributed by atoms with van der Waals surface area (Å²) >= 11 is 0. The van der Waals surface area contributed by atoms with Crippen LogP contribution in [0, 0.1) is 0 Å². The van der Waals surface area contributed by atoms with E-state index in [0.717, 1.165) is 5.56 Å². The van der Waals surface area contributed by atoms with Gasteiger partial charge in [0.25, 0.3) is 0 Å². The average molecular weight is 293 g/mol. The molecule has 6 heteroatoms. The standard InChI is InChI=1S/C15H19NO5/c1-2-12-9-20-10-13(14(17)18)16(12)15(19)21-8-11-6-4-3-5-7-11/h3-7,12-13H,2,8-10H2,1H3,(H,17,18)/t12-,13-/m1/s1. The summed E-state index contributed by atoms with van der Waals surface area (Å²) in [5.74, 6) is -1.08. The number of benzene rings is 1. The van der Waals surface area contributed by atoms with Gasteiger partial charge in [-0.1, -0.05) is 37.3 Å². The van der Waals surface area contributed by atoms with Crippen LogP contribution in [0.25, 0.3) is 0 Å². The molecule has 1 N–H and O–H groups in total. The third-order valence-corrected chi connectivity index (χ3v) is 3.49. The van der Waals surface area contributed by atoms with E-state index in [0.29, 0.717) is 13.0 Å². The Hall–Kier alpha value is -2.08. The van der Waals surface area contributed by atoms with Crippen LogP contribution >= 0.6 is 0 Å². The Morgan fingerprint density at radius 1 is 1.33 bits per heavy atom. The number of hydrogen-bond acceptors (Lipinski definition) is 4. The van der Waals surface area contributed by atoms with Gasteiger partial charge in [0.1, 0.15) is 6.61 Å². The number of carbonyl (C=O) groups is 2. The van der Waals surface area contributed by atoms with Crippen LogP contribution in [0.5, 0.6) is 0 Å². The molecule has 1 aromatic carbocycles. The van der Waals surface area contributed by atoms with Crippen molar-refractivity contribution in [2.24, 2.45) is 0 Å². The minimum Gasteiger partial charge on any atom is -0.480 e. The molecule has 1 fully saturated rings. The Morgan fingerprint density at radius 3 is 2.67 bits per heavy atom. The summed E-state index contributed by atoms with van der Waals surface area (Å²) in [6.45, 7) is 2.34. The SMILES string of the molecule is CC[C@@H]1COC[C@H](C(=O)O)N1C(=O)OCc1ccccc1. The molecule has 0 spiro atoms. The number of aliphatic carboxylic acids is 1. The van der Waals surface area contributed by atoms with E-state index in [-0.39, 0.29) is 19.3 Å². The first-order valence-electron chi connectivity index (χ1n) is 6.93. The summed E-state index contributed by atoms with van der Waals surface area (Å²) in [4.78, 5) is 24.8. The summed E-state index contributed by atoms with van der Waals surface area (Å²) in [7, 11) is 0. The van der Waals surface area contributed by atoms with Crippen LogP contribution in [0.1, 0.15) is 18.9 Å². The highest BCUT2D eigenvalue weighted by molar-refractivity contribution is 5.80. The van der Waals surface area contributed by atoms with Crippen molar-refractivity contribution in [3.63, 3.8) is 0 Å². The largest absolute Gasteiger partial charge is 0.480 e. The number of carboxylic acid groups (broad SMARTS) is 1. The zero-order valence-corrected chi connectivity index (χ0v) is 11.9. The van der Waals surface area contributed by atoms with Gasteiger partial charge in [0, 0.05) is 0 Å². The van der Waals surface area contributed by atoms with Gasteiger partial charge in [-0.05, 0) is 12.0 Å². The van der Waals surface area contributed by atoms with Gasteiger partial charge in [0.15, 0.2) is 6.04 Å². The molecule has 0 radical (unpaired) electrons. The van der Waals surface area contributed by atoms with E-state index in [1.165, 1.54) is 4.90 Å². The molecule has 1 aliphatic heterocycles. The molecule has 2 rings (SSSR count). The number of amides is 1. The number of carboxylic acids is 1. The van der Waals surface area contributed by atoms with Crippen molar-refractivity contribution in [1.82, 2.24) is 4.90 Å². The monoisotopic (exact) mass is 293 g/mol. The second-order valence-corrected chi connectivity index (χ2v) is 4.90. The third-order valence-electron chi connectivity index (χ3n) is 3.49. The van der Waals surface area contributed by atoms with E-state index in [9.17, 15) is 14.7 Å². The third kappa shape index (κ3) is 3.72. The summed E-state index contributed by atoms with van der Waals surface area (Å²) in [6, 6.07) is 8.01. The van der Waals surface area contributed by atoms with Crippen molar-refractivity contribution < 1.29 is 24.2 Å². The molecule has 21 heavy (non-hydrogen) atoms. The maximum Gasteiger partial charge on any atom is 0.411 e. The molecule has 0 unspecified atom stereocenters. The van der Waals surface area contributed by atoms with Crippen molar-refractivity contribution in [1.29, 1.82) is 0 Å². The predicted octanol–water partition coefficient (Wildman–Crippen LogP) is 1.89. The molecule has 0 bridgehead atoms. The van der Waals surface area contributed by atoms with Crippen LogP contribution in [0.3, 0.4) is 0 Å². The number of rotatable bonds is 4. The van der Waals surface area contributed by atoms with Gasteiger partial charge >= 0.3 is 12.1 Å². The highest BCUT2D eigenvalue weighted by atomic mass is 16.6. The van der Waals surface area contributed by atoms with Gasteiger partial charge in [0.05, 0.1) is 19.3 Å². The zero-order chi connectivity index (χ0) is 15.2. The van der Waals surface area contributed by atoms with E-state index in [1.54, 1.807) is 0 Å². The lowest BCUT2D eigenvalue weighted by Crippen LogP contribution is -2.57. The minimum atomic E-state index is -1.08. The number of carbonyl (C=O) groups excluding carboxylic acids is 1. The smallest absolute Gasteiger partial charge is 0.411 e. The van der Waals surface area contributed by atoms with E-state index < -0.39 is 18.1 Å². The van der Waals surface area contributed by atoms with Gasteiger partial charge in [-0.25, -0.2) is 9.59 Å². The van der Waals surface area contributed by atoms with Crippen molar-refractivity contribution in [2.75, 3.05) is 13.2 Å². The van der Waals surface area contributed by atoms with E-state index in [2.05, 4.69) is 0 Å². The second kappa shape index (κ2) is 7.08. The number of morpholine rings is 1. The van der Waals surface area contributed by atoms with Gasteiger partial charge in [-0.3, -0.25) is 4.90 Å². The van der Waals surface area contributed by atoms with Gasteiger partial charge in [-0.2, -0.15) is 0 Å². The topological polar surface area (TPSA) is 76.1 Å². The first-order chi connectivity index (χ1) is 10.1. The van der Waals surface area contributed by atoms with Gasteiger partial charge < -0.3 is 14.6 Å². The fourth-order valence-corrected chi connectivity index (χ4v) is 2.31. The van der Waals surface area contributed by atoms with Crippen molar-refractivity contribution in [3.8, 4) is 0 Å². The Morgan fingerprint density at radius 2 is 2.05 bits per heavy atom. The lowest BCUT2D eigenvalue weighted by Gasteiger charge is -2.38. The molecule has 0 aromatic heterocycles. The Balaban J connectivity index is 2.04. The molecular formula is C15H19NO5. The summed E-state index contributed by atoms with van der Waals surface area (Å²) < 4.78 is 10.5. The number of hydrogen-bond donors (Lipinski definition) is 1. The number of nitrogens with zero attached hydrogens (tertiary/aromatic N) is 1. The van der Waals surface area contributed by atoms with E-state index in [4.69, 9.17) is 9.47 Å². The van der Waals surface area contributed by atoms with Crippen LogP contribution in [-0.4, -0.2) is 47.4 Å². The van der Waals surface area contributed by atoms with Crippen molar-refractivity contribution >= 4 is 12.1 Å². The Kier molecular flexibility index (Phi) is 5.16. The molecule has 1 heterocycles. The fraction of sp³-hybridized carbons (Fsp3) is 0.467. The second-order valence-electron chi connectivity index (χ2n) is 4.90.